The highest BCUT2D eigenvalue weighted by molar-refractivity contribution is 6.14. The van der Waals surface area contributed by atoms with Crippen molar-refractivity contribution in [3.8, 4) is 33.5 Å². The Balaban J connectivity index is 1.19. The largest absolute Gasteiger partial charge is 0.261 e. The van der Waals surface area contributed by atoms with E-state index in [0.29, 0.717) is 0 Å². The first-order valence-corrected chi connectivity index (χ1v) is 16.0. The van der Waals surface area contributed by atoms with Crippen molar-refractivity contribution < 1.29 is 0 Å². The van der Waals surface area contributed by atoms with Crippen molar-refractivity contribution in [2.45, 2.75) is 6.92 Å². The van der Waals surface area contributed by atoms with Crippen LogP contribution in [0.15, 0.2) is 164 Å². The zero-order chi connectivity index (χ0) is 31.6. The summed E-state index contributed by atoms with van der Waals surface area (Å²) in [7, 11) is 0. The highest BCUT2D eigenvalue weighted by Crippen LogP contribution is 2.38. The lowest BCUT2D eigenvalue weighted by Gasteiger charge is -2.14. The molecule has 0 fully saturated rings. The van der Waals surface area contributed by atoms with Crippen LogP contribution in [0.5, 0.6) is 0 Å². The Morgan fingerprint density at radius 1 is 0.489 bits per heavy atom. The molecule has 0 unspecified atom stereocenters. The summed E-state index contributed by atoms with van der Waals surface area (Å²) in [6.45, 7) is 2.03. The van der Waals surface area contributed by atoms with E-state index in [1.54, 1.807) is 0 Å². The molecule has 222 valence electrons. The molecule has 2 heterocycles. The molecule has 0 saturated carbocycles. The van der Waals surface area contributed by atoms with Gasteiger partial charge < -0.3 is 0 Å². The molecule has 8 rings (SSSR count). The molecule has 0 aliphatic heterocycles. The van der Waals surface area contributed by atoms with Crippen molar-refractivity contribution >= 4 is 44.6 Å². The van der Waals surface area contributed by atoms with Crippen LogP contribution in [0.25, 0.3) is 78.1 Å². The van der Waals surface area contributed by atoms with E-state index < -0.39 is 0 Å². The van der Waals surface area contributed by atoms with E-state index in [-0.39, 0.29) is 0 Å². The molecule has 0 aliphatic rings. The van der Waals surface area contributed by atoms with Crippen LogP contribution >= 0.6 is 0 Å². The third kappa shape index (κ3) is 5.51. The van der Waals surface area contributed by atoms with Crippen LogP contribution in [-0.4, -0.2) is 9.97 Å². The minimum Gasteiger partial charge on any atom is -0.261 e. The highest BCUT2D eigenvalue weighted by atomic mass is 14.7. The van der Waals surface area contributed by atoms with Gasteiger partial charge in [0.15, 0.2) is 0 Å². The van der Waals surface area contributed by atoms with Crippen LogP contribution in [0, 0.1) is 6.92 Å². The zero-order valence-electron chi connectivity index (χ0n) is 26.1. The number of pyridine rings is 2. The Bertz CT molecular complexity index is 2450. The predicted octanol–water partition coefficient (Wildman–Crippen LogP) is 12.0. The molecule has 2 nitrogen and oxygen atoms in total. The molecule has 0 aliphatic carbocycles. The maximum absolute atomic E-state index is 5.12. The zero-order valence-corrected chi connectivity index (χ0v) is 26.1. The van der Waals surface area contributed by atoms with E-state index >= 15 is 0 Å². The Kier molecular flexibility index (Phi) is 7.45. The fraction of sp³-hybridized carbons (Fsp3) is 0.0222. The van der Waals surface area contributed by atoms with Gasteiger partial charge in [-0.3, -0.25) is 4.98 Å². The molecule has 2 aromatic heterocycles. The van der Waals surface area contributed by atoms with Crippen molar-refractivity contribution in [3.05, 3.63) is 181 Å². The summed E-state index contributed by atoms with van der Waals surface area (Å²) in [5.74, 6) is 0. The third-order valence-corrected chi connectivity index (χ3v) is 8.94. The van der Waals surface area contributed by atoms with E-state index in [1.807, 2.05) is 25.3 Å². The topological polar surface area (TPSA) is 25.8 Å². The van der Waals surface area contributed by atoms with Gasteiger partial charge in [-0.05, 0) is 80.0 Å². The van der Waals surface area contributed by atoms with Crippen LogP contribution in [0.2, 0.25) is 0 Å². The van der Waals surface area contributed by atoms with E-state index in [4.69, 9.17) is 4.98 Å². The average molecular weight is 601 g/mol. The first-order valence-electron chi connectivity index (χ1n) is 16.0. The minimum atomic E-state index is 0.979. The lowest BCUT2D eigenvalue weighted by atomic mass is 9.91. The molecule has 0 N–H and O–H groups in total. The van der Waals surface area contributed by atoms with Gasteiger partial charge in [0.2, 0.25) is 0 Å². The monoisotopic (exact) mass is 600 g/mol. The number of nitrogens with zero attached hydrogens (tertiary/aromatic N) is 2. The molecular weight excluding hydrogens is 569 g/mol. The normalized spacial score (nSPS) is 11.8. The summed E-state index contributed by atoms with van der Waals surface area (Å²) in [6, 6.07) is 51.8. The second-order valence-electron chi connectivity index (χ2n) is 11.8. The van der Waals surface area contributed by atoms with Crippen molar-refractivity contribution in [1.29, 1.82) is 0 Å². The first-order chi connectivity index (χ1) is 23.2. The van der Waals surface area contributed by atoms with Crippen LogP contribution in [0.3, 0.4) is 0 Å². The highest BCUT2D eigenvalue weighted by Gasteiger charge is 2.14. The van der Waals surface area contributed by atoms with Gasteiger partial charge in [-0.15, -0.1) is 0 Å². The van der Waals surface area contributed by atoms with Gasteiger partial charge in [0.1, 0.15) is 0 Å². The third-order valence-electron chi connectivity index (χ3n) is 8.94. The molecule has 0 amide bonds. The van der Waals surface area contributed by atoms with Crippen LogP contribution < -0.4 is 0 Å². The molecule has 6 aromatic carbocycles. The summed E-state index contributed by atoms with van der Waals surface area (Å²) in [5, 5.41) is 6.09. The number of aromatic nitrogens is 2. The summed E-state index contributed by atoms with van der Waals surface area (Å²) >= 11 is 0. The predicted molar refractivity (Wildman–Crippen MR) is 200 cm³/mol. The van der Waals surface area contributed by atoms with Crippen LogP contribution in [0.1, 0.15) is 16.8 Å². The van der Waals surface area contributed by atoms with Crippen molar-refractivity contribution in [1.82, 2.24) is 9.97 Å². The Hall–Kier alpha value is -6.12. The smallest absolute Gasteiger partial charge is 0.0722 e. The summed E-state index contributed by atoms with van der Waals surface area (Å²) in [5.41, 5.74) is 11.2. The fourth-order valence-electron chi connectivity index (χ4n) is 6.53. The van der Waals surface area contributed by atoms with Gasteiger partial charge in [0.25, 0.3) is 0 Å². The Morgan fingerprint density at radius 2 is 1.17 bits per heavy atom. The molecule has 8 aromatic rings. The Morgan fingerprint density at radius 3 is 1.96 bits per heavy atom. The molecular formula is C45H32N2. The van der Waals surface area contributed by atoms with E-state index in [1.165, 1.54) is 54.7 Å². The number of allylic oxidation sites excluding steroid dienone is 2. The average Bonchev–Trinajstić information content (AvgIpc) is 3.14. The molecule has 0 saturated heterocycles. The Labute approximate surface area is 275 Å². The second-order valence-corrected chi connectivity index (χ2v) is 11.8. The lowest BCUT2D eigenvalue weighted by molar-refractivity contribution is 1.19. The van der Waals surface area contributed by atoms with Crippen molar-refractivity contribution in [3.63, 3.8) is 0 Å². The SMILES string of the molecule is Cc1ncccc1/C=C\C=C\c1ccc(-c2ccc(-c3cc(-c4ccccc4)nc4ccc5ccccc5c34)cc2)c2ccccc12. The van der Waals surface area contributed by atoms with Gasteiger partial charge in [-0.1, -0.05) is 152 Å². The van der Waals surface area contributed by atoms with E-state index in [9.17, 15) is 0 Å². The quantitative estimate of drug-likeness (QED) is 0.140. The van der Waals surface area contributed by atoms with Gasteiger partial charge >= 0.3 is 0 Å². The maximum Gasteiger partial charge on any atom is 0.0722 e. The van der Waals surface area contributed by atoms with Crippen molar-refractivity contribution in [2.24, 2.45) is 0 Å². The first kappa shape index (κ1) is 28.4. The molecule has 47 heavy (non-hydrogen) atoms. The van der Waals surface area contributed by atoms with E-state index in [0.717, 1.165) is 28.0 Å². The maximum atomic E-state index is 5.12. The standard InChI is InChI=1S/C45H32N2/c1-31-32(17-11-29-46-31)12-5-6-13-33-25-27-39(41-20-10-9-18-38(33)41)35-21-23-36(24-22-35)42-30-44(37-15-3-2-4-16-37)47-43-28-26-34-14-7-8-19-40(34)45(42)43/h2-30H,1H3/b12-5-,13-6+. The molecule has 0 spiro atoms. The van der Waals surface area contributed by atoms with Gasteiger partial charge in [0, 0.05) is 22.8 Å². The van der Waals surface area contributed by atoms with E-state index in [2.05, 4.69) is 163 Å². The molecule has 0 bridgehead atoms. The number of hydrogen-bond donors (Lipinski definition) is 0. The summed E-state index contributed by atoms with van der Waals surface area (Å²) in [6.07, 6.45) is 10.3. The molecule has 0 radical (unpaired) electrons. The van der Waals surface area contributed by atoms with Crippen LogP contribution in [-0.2, 0) is 0 Å². The fourth-order valence-corrected chi connectivity index (χ4v) is 6.53. The second kappa shape index (κ2) is 12.3. The van der Waals surface area contributed by atoms with Crippen molar-refractivity contribution in [2.75, 3.05) is 0 Å². The summed E-state index contributed by atoms with van der Waals surface area (Å²) in [4.78, 5) is 9.50. The van der Waals surface area contributed by atoms with Gasteiger partial charge in [-0.25, -0.2) is 4.98 Å². The number of benzene rings is 6. The number of fused-ring (bicyclic) bond motifs is 4. The van der Waals surface area contributed by atoms with Gasteiger partial charge in [0.05, 0.1) is 11.2 Å². The lowest BCUT2D eigenvalue weighted by Crippen LogP contribution is -1.91. The number of aryl methyl sites for hydroxylation is 1. The minimum absolute atomic E-state index is 0.979. The number of hydrogen-bond acceptors (Lipinski definition) is 2. The summed E-state index contributed by atoms with van der Waals surface area (Å²) < 4.78 is 0. The number of rotatable bonds is 6. The molecule has 2 heteroatoms. The van der Waals surface area contributed by atoms with Gasteiger partial charge in [-0.2, -0.15) is 0 Å². The van der Waals surface area contributed by atoms with Crippen LogP contribution in [0.4, 0.5) is 0 Å². The molecule has 0 atom stereocenters.